The Labute approximate surface area is 319 Å². The molecule has 8 aliphatic carbocycles. The van der Waals surface area contributed by atoms with E-state index in [2.05, 4.69) is 31.0 Å². The number of benzene rings is 2. The SMILES string of the molecule is C1CCOC1.CCN(CC)CC.Cl.NC12CC3CC(CC1C3)C2.O=C(Cl)c1ccccc1.O=C(NC12CC3CC(CC(C3)C1)C2)c1ccccc1. The van der Waals surface area contributed by atoms with Crippen molar-refractivity contribution < 1.29 is 14.3 Å². The van der Waals surface area contributed by atoms with Crippen LogP contribution in [0.1, 0.15) is 125 Å². The zero-order valence-corrected chi connectivity index (χ0v) is 33.1. The van der Waals surface area contributed by atoms with Crippen LogP contribution in [-0.4, -0.2) is 60.0 Å². The number of halogens is 2. The molecular weight excluding hydrogens is 677 g/mol. The summed E-state index contributed by atoms with van der Waals surface area (Å²) in [6.07, 6.45) is 17.6. The minimum absolute atomic E-state index is 0. The zero-order chi connectivity index (χ0) is 35.6. The molecule has 11 rings (SSSR count). The minimum atomic E-state index is -0.407. The van der Waals surface area contributed by atoms with Gasteiger partial charge in [0.05, 0.1) is 0 Å². The van der Waals surface area contributed by atoms with Gasteiger partial charge < -0.3 is 20.7 Å². The van der Waals surface area contributed by atoms with Crippen LogP contribution in [0.25, 0.3) is 0 Å². The second kappa shape index (κ2) is 19.9. The van der Waals surface area contributed by atoms with Crippen molar-refractivity contribution in [3.8, 4) is 0 Å². The first-order valence-corrected chi connectivity index (χ1v) is 20.2. The van der Waals surface area contributed by atoms with Gasteiger partial charge in [-0.3, -0.25) is 9.59 Å². The highest BCUT2D eigenvalue weighted by Gasteiger charge is 2.55. The Morgan fingerprint density at radius 1 is 0.706 bits per heavy atom. The number of nitrogens with two attached hydrogens (primary N) is 1. The maximum absolute atomic E-state index is 12.4. The molecule has 8 heteroatoms. The van der Waals surface area contributed by atoms with Gasteiger partial charge in [0.15, 0.2) is 0 Å². The summed E-state index contributed by atoms with van der Waals surface area (Å²) in [7, 11) is 0. The van der Waals surface area contributed by atoms with Crippen molar-refractivity contribution in [3.05, 3.63) is 71.8 Å². The third-order valence-electron chi connectivity index (χ3n) is 12.7. The molecule has 2 atom stereocenters. The highest BCUT2D eigenvalue weighted by atomic mass is 35.5. The lowest BCUT2D eigenvalue weighted by molar-refractivity contribution is -0.0167. The van der Waals surface area contributed by atoms with Gasteiger partial charge >= 0.3 is 0 Å². The molecular formula is C43H65Cl2N3O3. The topological polar surface area (TPSA) is 84.7 Å². The van der Waals surface area contributed by atoms with Gasteiger partial charge in [0.2, 0.25) is 0 Å². The molecule has 8 bridgehead atoms. The van der Waals surface area contributed by atoms with Crippen LogP contribution in [0.3, 0.4) is 0 Å². The van der Waals surface area contributed by atoms with E-state index < -0.39 is 5.24 Å². The maximum atomic E-state index is 12.4. The first-order valence-electron chi connectivity index (χ1n) is 19.9. The van der Waals surface area contributed by atoms with Crippen LogP contribution in [0.2, 0.25) is 0 Å². The number of carbonyl (C=O) groups is 2. The van der Waals surface area contributed by atoms with Crippen LogP contribution in [0.15, 0.2) is 60.7 Å². The predicted molar refractivity (Wildman–Crippen MR) is 213 cm³/mol. The Bertz CT molecular complexity index is 1270. The monoisotopic (exact) mass is 741 g/mol. The number of hydrogen-bond donors (Lipinski definition) is 2. The number of carbonyl (C=O) groups excluding carboxylic acids is 2. The molecule has 2 aromatic carbocycles. The molecule has 2 aromatic rings. The van der Waals surface area contributed by atoms with E-state index in [0.29, 0.717) is 11.1 Å². The van der Waals surface area contributed by atoms with Gasteiger partial charge in [-0.15, -0.1) is 12.4 Å². The van der Waals surface area contributed by atoms with E-state index >= 15 is 0 Å². The van der Waals surface area contributed by atoms with Crippen LogP contribution in [0.4, 0.5) is 0 Å². The molecule has 9 fully saturated rings. The summed E-state index contributed by atoms with van der Waals surface area (Å²) >= 11 is 5.16. The summed E-state index contributed by atoms with van der Waals surface area (Å²) in [5.74, 6) is 5.75. The molecule has 3 N–H and O–H groups in total. The molecule has 0 aromatic heterocycles. The van der Waals surface area contributed by atoms with Crippen molar-refractivity contribution >= 4 is 35.2 Å². The van der Waals surface area contributed by atoms with Gasteiger partial charge in [0, 0.05) is 35.4 Å². The van der Waals surface area contributed by atoms with Crippen LogP contribution < -0.4 is 11.1 Å². The van der Waals surface area contributed by atoms with Crippen molar-refractivity contribution in [1.82, 2.24) is 10.2 Å². The molecule has 0 radical (unpaired) electrons. The van der Waals surface area contributed by atoms with Crippen molar-refractivity contribution in [2.75, 3.05) is 32.8 Å². The lowest BCUT2D eigenvalue weighted by atomic mass is 9.53. The maximum Gasteiger partial charge on any atom is 0.252 e. The number of nitrogens with zero attached hydrogens (tertiary/aromatic N) is 1. The van der Waals surface area contributed by atoms with E-state index in [9.17, 15) is 9.59 Å². The fraction of sp³-hybridized carbons (Fsp3) is 0.674. The second-order valence-electron chi connectivity index (χ2n) is 16.4. The highest BCUT2D eigenvalue weighted by Crippen LogP contribution is 2.59. The molecule has 9 aliphatic rings. The van der Waals surface area contributed by atoms with E-state index in [1.54, 1.807) is 24.3 Å². The molecule has 6 nitrogen and oxygen atoms in total. The number of ether oxygens (including phenoxy) is 1. The van der Waals surface area contributed by atoms with Crippen molar-refractivity contribution in [1.29, 1.82) is 0 Å². The van der Waals surface area contributed by atoms with E-state index in [1.807, 2.05) is 36.4 Å². The zero-order valence-electron chi connectivity index (χ0n) is 31.5. The third-order valence-corrected chi connectivity index (χ3v) is 12.9. The van der Waals surface area contributed by atoms with Gasteiger partial charge in [-0.25, -0.2) is 0 Å². The number of rotatable bonds is 6. The third kappa shape index (κ3) is 11.8. The van der Waals surface area contributed by atoms with Gasteiger partial charge in [0.25, 0.3) is 11.1 Å². The summed E-state index contributed by atoms with van der Waals surface area (Å²) in [6.45, 7) is 12.1. The molecule has 1 saturated heterocycles. The average molecular weight is 743 g/mol. The molecule has 284 valence electrons. The smallest absolute Gasteiger partial charge is 0.252 e. The number of nitrogens with one attached hydrogen (secondary N) is 1. The van der Waals surface area contributed by atoms with Crippen LogP contribution >= 0.6 is 24.0 Å². The lowest BCUT2D eigenvalue weighted by Gasteiger charge is -2.56. The van der Waals surface area contributed by atoms with Gasteiger partial charge in [-0.1, -0.05) is 69.3 Å². The first-order chi connectivity index (χ1) is 24.1. The number of hydrogen-bond acceptors (Lipinski definition) is 5. The van der Waals surface area contributed by atoms with Gasteiger partial charge in [0.1, 0.15) is 0 Å². The Morgan fingerprint density at radius 2 is 1.12 bits per heavy atom. The first kappa shape index (κ1) is 41.8. The molecule has 2 unspecified atom stereocenters. The van der Waals surface area contributed by atoms with E-state index in [-0.39, 0.29) is 23.9 Å². The predicted octanol–water partition coefficient (Wildman–Crippen LogP) is 9.54. The summed E-state index contributed by atoms with van der Waals surface area (Å²) in [4.78, 5) is 25.2. The largest absolute Gasteiger partial charge is 0.381 e. The Hall–Kier alpha value is -1.96. The fourth-order valence-electron chi connectivity index (χ4n) is 10.8. The molecule has 1 amide bonds. The number of amides is 1. The highest BCUT2D eigenvalue weighted by molar-refractivity contribution is 6.67. The standard InChI is InChI=1S/C17H21NO.C9H15N.C7H5ClO.C6H15N.C4H8O.ClH/c19-16(15-4-2-1-3-5-15)18-17-9-12-6-13(10-17)8-14(7-12)11-17;10-9-4-6-1-7(5-9)3-8(9)2-6;8-7(9)6-4-2-1-3-5-6;1-4-7(5-2)6-3;1-2-4-5-3-1;/h1-5,12-14H,6-11H2,(H,18,19);6-8H,1-5,10H2;1-5H;4-6H2,1-3H3;1-4H2;1H. The van der Waals surface area contributed by atoms with Crippen molar-refractivity contribution in [2.45, 2.75) is 115 Å². The summed E-state index contributed by atoms with van der Waals surface area (Å²) in [5, 5.41) is 3.00. The van der Waals surface area contributed by atoms with Gasteiger partial charge in [-0.2, -0.15) is 0 Å². The second-order valence-corrected chi connectivity index (χ2v) is 16.7. The summed E-state index contributed by atoms with van der Waals surface area (Å²) in [5.41, 5.74) is 8.08. The quantitative estimate of drug-likeness (QED) is 0.288. The van der Waals surface area contributed by atoms with E-state index in [0.717, 1.165) is 54.3 Å². The van der Waals surface area contributed by atoms with Crippen LogP contribution in [0.5, 0.6) is 0 Å². The summed E-state index contributed by atoms with van der Waals surface area (Å²) < 4.78 is 4.94. The molecule has 0 spiro atoms. The Morgan fingerprint density at radius 3 is 1.41 bits per heavy atom. The molecule has 1 aliphatic heterocycles. The van der Waals surface area contributed by atoms with Crippen molar-refractivity contribution in [3.63, 3.8) is 0 Å². The Kier molecular flexibility index (Phi) is 16.3. The van der Waals surface area contributed by atoms with Gasteiger partial charge in [-0.05, 0) is 162 Å². The van der Waals surface area contributed by atoms with E-state index in [1.165, 1.54) is 103 Å². The normalized spacial score (nSPS) is 32.5. The summed E-state index contributed by atoms with van der Waals surface area (Å²) in [6, 6.07) is 18.4. The van der Waals surface area contributed by atoms with Crippen LogP contribution in [0, 0.1) is 35.5 Å². The fourth-order valence-corrected chi connectivity index (χ4v) is 10.9. The molecule has 51 heavy (non-hydrogen) atoms. The van der Waals surface area contributed by atoms with Crippen molar-refractivity contribution in [2.24, 2.45) is 41.2 Å². The van der Waals surface area contributed by atoms with E-state index in [4.69, 9.17) is 22.1 Å². The molecule has 8 saturated carbocycles. The molecule has 1 heterocycles. The van der Waals surface area contributed by atoms with Crippen LogP contribution in [-0.2, 0) is 4.74 Å². The minimum Gasteiger partial charge on any atom is -0.381 e. The average Bonchev–Trinajstić information content (AvgIpc) is 3.82. The lowest BCUT2D eigenvalue weighted by Crippen LogP contribution is -2.59. The Balaban J connectivity index is 0.000000155.